The molecule has 3 amide bonds. The van der Waals surface area contributed by atoms with E-state index < -0.39 is 6.03 Å². The molecule has 3 N–H and O–H groups in total. The van der Waals surface area contributed by atoms with Crippen LogP contribution in [0.2, 0.25) is 0 Å². The number of hydrogen-bond acceptors (Lipinski definition) is 3. The quantitative estimate of drug-likeness (QED) is 0.693. The van der Waals surface area contributed by atoms with Crippen LogP contribution in [0.5, 0.6) is 0 Å². The van der Waals surface area contributed by atoms with Gasteiger partial charge in [-0.3, -0.25) is 10.2 Å². The molecule has 17 heavy (non-hydrogen) atoms. The molecule has 1 aliphatic carbocycles. The van der Waals surface area contributed by atoms with Gasteiger partial charge >= 0.3 is 6.03 Å². The molecule has 0 saturated carbocycles. The molecule has 0 aromatic carbocycles. The molecule has 0 spiro atoms. The zero-order chi connectivity index (χ0) is 12.3. The zero-order valence-corrected chi connectivity index (χ0v) is 10.4. The second-order valence-corrected chi connectivity index (χ2v) is 4.99. The van der Waals surface area contributed by atoms with E-state index in [0.29, 0.717) is 11.4 Å². The first-order chi connectivity index (χ1) is 8.20. The number of carbonyl (C=O) groups excluding carboxylic acids is 2. The van der Waals surface area contributed by atoms with Crippen LogP contribution in [0.25, 0.3) is 0 Å². The minimum Gasteiger partial charge on any atom is -0.337 e. The Balaban J connectivity index is 1.89. The highest BCUT2D eigenvalue weighted by atomic mass is 32.1. The lowest BCUT2D eigenvalue weighted by Crippen LogP contribution is -2.46. The molecule has 0 saturated heterocycles. The summed E-state index contributed by atoms with van der Waals surface area (Å²) in [7, 11) is 0. The Morgan fingerprint density at radius 2 is 2.18 bits per heavy atom. The lowest BCUT2D eigenvalue weighted by atomic mass is 10.2. The molecular formula is C11H15N3O2S. The minimum absolute atomic E-state index is 0.254. The Kier molecular flexibility index (Phi) is 3.63. The Morgan fingerprint density at radius 3 is 2.88 bits per heavy atom. The van der Waals surface area contributed by atoms with Gasteiger partial charge in [-0.25, -0.2) is 10.2 Å². The van der Waals surface area contributed by atoms with E-state index in [2.05, 4.69) is 16.2 Å². The van der Waals surface area contributed by atoms with Crippen LogP contribution in [0.1, 0.15) is 33.5 Å². The van der Waals surface area contributed by atoms with Crippen molar-refractivity contribution in [1.29, 1.82) is 0 Å². The van der Waals surface area contributed by atoms with Gasteiger partial charge in [0.2, 0.25) is 0 Å². The molecule has 6 heteroatoms. The number of carbonyl (C=O) groups is 2. The van der Waals surface area contributed by atoms with Gasteiger partial charge in [0, 0.05) is 11.4 Å². The number of hydrogen-bond donors (Lipinski definition) is 3. The highest BCUT2D eigenvalue weighted by Crippen LogP contribution is 2.30. The molecule has 0 radical (unpaired) electrons. The van der Waals surface area contributed by atoms with Crippen molar-refractivity contribution < 1.29 is 9.59 Å². The number of nitrogens with one attached hydrogen (secondary N) is 3. The largest absolute Gasteiger partial charge is 0.337 e. The summed E-state index contributed by atoms with van der Waals surface area (Å²) in [6, 6.07) is 1.52. The number of hydrazine groups is 1. The molecule has 2 rings (SSSR count). The smallest absolute Gasteiger partial charge is 0.333 e. The lowest BCUT2D eigenvalue weighted by Gasteiger charge is -2.06. The maximum atomic E-state index is 11.7. The number of thiophene rings is 1. The summed E-state index contributed by atoms with van der Waals surface area (Å²) in [6.07, 6.45) is 3.31. The van der Waals surface area contributed by atoms with Crippen LogP contribution in [0.15, 0.2) is 6.07 Å². The molecule has 1 heterocycles. The number of urea groups is 1. The second-order valence-electron chi connectivity index (χ2n) is 3.85. The fourth-order valence-corrected chi connectivity index (χ4v) is 2.97. The minimum atomic E-state index is -0.398. The lowest BCUT2D eigenvalue weighted by molar-refractivity contribution is 0.0940. The summed E-state index contributed by atoms with van der Waals surface area (Å²) in [5.74, 6) is -0.254. The van der Waals surface area contributed by atoms with Gasteiger partial charge in [-0.2, -0.15) is 0 Å². The molecule has 1 aromatic heterocycles. The fourth-order valence-electron chi connectivity index (χ4n) is 1.82. The van der Waals surface area contributed by atoms with Crippen LogP contribution in [0, 0.1) is 0 Å². The van der Waals surface area contributed by atoms with Gasteiger partial charge in [-0.1, -0.05) is 0 Å². The van der Waals surface area contributed by atoms with Crippen LogP contribution in [0.3, 0.4) is 0 Å². The molecule has 0 unspecified atom stereocenters. The van der Waals surface area contributed by atoms with Gasteiger partial charge in [0.15, 0.2) is 0 Å². The third-order valence-electron chi connectivity index (χ3n) is 2.60. The Hall–Kier alpha value is -1.56. The molecule has 1 aliphatic rings. The molecule has 0 aliphatic heterocycles. The van der Waals surface area contributed by atoms with E-state index in [-0.39, 0.29) is 5.91 Å². The van der Waals surface area contributed by atoms with Gasteiger partial charge in [-0.15, -0.1) is 11.3 Å². The Bertz CT molecular complexity index is 420. The van der Waals surface area contributed by atoms with E-state index in [0.717, 1.165) is 12.8 Å². The standard InChI is InChI=1S/C11H15N3O2S/c1-2-12-11(16)14-13-10(15)9-6-7-4-3-5-8(7)17-9/h6H,2-5H2,1H3,(H,13,15)(H2,12,14,16). The van der Waals surface area contributed by atoms with Crippen molar-refractivity contribution in [1.82, 2.24) is 16.2 Å². The summed E-state index contributed by atoms with van der Waals surface area (Å²) < 4.78 is 0. The molecular weight excluding hydrogens is 238 g/mol. The van der Waals surface area contributed by atoms with Gasteiger partial charge in [0.25, 0.3) is 5.91 Å². The van der Waals surface area contributed by atoms with Crippen molar-refractivity contribution in [3.63, 3.8) is 0 Å². The third kappa shape index (κ3) is 2.76. The molecule has 0 fully saturated rings. The highest BCUT2D eigenvalue weighted by molar-refractivity contribution is 7.14. The van der Waals surface area contributed by atoms with Crippen LogP contribution >= 0.6 is 11.3 Å². The maximum absolute atomic E-state index is 11.7. The number of amides is 3. The first kappa shape index (κ1) is 11.9. The summed E-state index contributed by atoms with van der Waals surface area (Å²) in [5.41, 5.74) is 5.96. The van der Waals surface area contributed by atoms with Crippen molar-refractivity contribution in [3.05, 3.63) is 21.4 Å². The van der Waals surface area contributed by atoms with Crippen molar-refractivity contribution in [2.45, 2.75) is 26.2 Å². The normalized spacial score (nSPS) is 13.0. The van der Waals surface area contributed by atoms with Crippen molar-refractivity contribution in [2.75, 3.05) is 6.54 Å². The predicted octanol–water partition coefficient (Wildman–Crippen LogP) is 1.20. The van der Waals surface area contributed by atoms with E-state index in [9.17, 15) is 9.59 Å². The van der Waals surface area contributed by atoms with Gasteiger partial charge in [-0.05, 0) is 37.8 Å². The van der Waals surface area contributed by atoms with E-state index in [1.54, 1.807) is 0 Å². The van der Waals surface area contributed by atoms with Crippen LogP contribution in [-0.2, 0) is 12.8 Å². The summed E-state index contributed by atoms with van der Waals surface area (Å²) in [4.78, 5) is 24.8. The second kappa shape index (κ2) is 5.18. The molecule has 5 nitrogen and oxygen atoms in total. The first-order valence-electron chi connectivity index (χ1n) is 5.66. The number of aryl methyl sites for hydroxylation is 2. The predicted molar refractivity (Wildman–Crippen MR) is 66.0 cm³/mol. The van der Waals surface area contributed by atoms with Crippen molar-refractivity contribution in [2.24, 2.45) is 0 Å². The number of fused-ring (bicyclic) bond motifs is 1. The summed E-state index contributed by atoms with van der Waals surface area (Å²) in [6.45, 7) is 2.33. The van der Waals surface area contributed by atoms with Gasteiger partial charge < -0.3 is 5.32 Å². The average molecular weight is 253 g/mol. The van der Waals surface area contributed by atoms with E-state index in [1.165, 1.54) is 28.2 Å². The van der Waals surface area contributed by atoms with Crippen LogP contribution in [0.4, 0.5) is 4.79 Å². The average Bonchev–Trinajstić information content (AvgIpc) is 2.86. The van der Waals surface area contributed by atoms with Gasteiger partial charge in [0.05, 0.1) is 4.88 Å². The van der Waals surface area contributed by atoms with E-state index >= 15 is 0 Å². The van der Waals surface area contributed by atoms with Crippen LogP contribution in [-0.4, -0.2) is 18.5 Å². The van der Waals surface area contributed by atoms with E-state index in [4.69, 9.17) is 0 Å². The van der Waals surface area contributed by atoms with Crippen molar-refractivity contribution in [3.8, 4) is 0 Å². The number of rotatable bonds is 2. The first-order valence-corrected chi connectivity index (χ1v) is 6.48. The molecule has 0 atom stereocenters. The maximum Gasteiger partial charge on any atom is 0.333 e. The van der Waals surface area contributed by atoms with Gasteiger partial charge in [0.1, 0.15) is 0 Å². The van der Waals surface area contributed by atoms with E-state index in [1.807, 2.05) is 13.0 Å². The topological polar surface area (TPSA) is 70.2 Å². The molecule has 0 bridgehead atoms. The fraction of sp³-hybridized carbons (Fsp3) is 0.455. The highest BCUT2D eigenvalue weighted by Gasteiger charge is 2.18. The summed E-state index contributed by atoms with van der Waals surface area (Å²) in [5, 5.41) is 2.53. The van der Waals surface area contributed by atoms with Crippen molar-refractivity contribution >= 4 is 23.3 Å². The summed E-state index contributed by atoms with van der Waals surface area (Å²) >= 11 is 1.51. The monoisotopic (exact) mass is 253 g/mol. The SMILES string of the molecule is CCNC(=O)NNC(=O)c1cc2c(s1)CCC2. The molecule has 1 aromatic rings. The Labute approximate surface area is 104 Å². The zero-order valence-electron chi connectivity index (χ0n) is 9.63. The Morgan fingerprint density at radius 1 is 1.35 bits per heavy atom. The third-order valence-corrected chi connectivity index (χ3v) is 3.83. The molecule has 92 valence electrons. The van der Waals surface area contributed by atoms with Crippen LogP contribution < -0.4 is 16.2 Å².